The van der Waals surface area contributed by atoms with Crippen LogP contribution in [0.5, 0.6) is 5.75 Å². The first-order valence-corrected chi connectivity index (χ1v) is 7.76. The smallest absolute Gasteiger partial charge is 0.223 e. The van der Waals surface area contributed by atoms with Gasteiger partial charge in [0.1, 0.15) is 5.75 Å². The van der Waals surface area contributed by atoms with Crippen LogP contribution >= 0.6 is 12.4 Å². The summed E-state index contributed by atoms with van der Waals surface area (Å²) in [6, 6.07) is 6.32. The number of hydrogen-bond donors (Lipinski definition) is 2. The molecule has 1 aromatic rings. The molecule has 1 aliphatic rings. The molecule has 2 rings (SSSR count). The van der Waals surface area contributed by atoms with E-state index in [0.717, 1.165) is 30.8 Å². The molecule has 1 aromatic carbocycles. The predicted octanol–water partition coefficient (Wildman–Crippen LogP) is 2.61. The lowest BCUT2D eigenvalue weighted by molar-refractivity contribution is -0.122. The summed E-state index contributed by atoms with van der Waals surface area (Å²) in [5.41, 5.74) is 2.33. The lowest BCUT2D eigenvalue weighted by Gasteiger charge is -2.30. The zero-order valence-electron chi connectivity index (χ0n) is 13.6. The topological polar surface area (TPSA) is 50.4 Å². The third-order valence-electron chi connectivity index (χ3n) is 4.09. The summed E-state index contributed by atoms with van der Waals surface area (Å²) < 4.78 is 5.70. The number of ether oxygens (including phenoxy) is 1. The molecule has 0 aliphatic carbocycles. The minimum absolute atomic E-state index is 0. The number of benzene rings is 1. The van der Waals surface area contributed by atoms with Crippen molar-refractivity contribution >= 4 is 18.3 Å². The van der Waals surface area contributed by atoms with E-state index in [4.69, 9.17) is 4.74 Å². The lowest BCUT2D eigenvalue weighted by atomic mass is 9.95. The highest BCUT2D eigenvalue weighted by atomic mass is 35.5. The number of halogens is 1. The normalized spacial score (nSPS) is 20.9. The summed E-state index contributed by atoms with van der Waals surface area (Å²) >= 11 is 0. The van der Waals surface area contributed by atoms with Gasteiger partial charge in [0.15, 0.2) is 0 Å². The Labute approximate surface area is 139 Å². The number of piperidine rings is 1. The van der Waals surface area contributed by atoms with Gasteiger partial charge < -0.3 is 15.4 Å². The highest BCUT2D eigenvalue weighted by Gasteiger charge is 2.22. The van der Waals surface area contributed by atoms with Crippen LogP contribution in [0.3, 0.4) is 0 Å². The molecule has 4 nitrogen and oxygen atoms in total. The monoisotopic (exact) mass is 326 g/mol. The van der Waals surface area contributed by atoms with Gasteiger partial charge in [0.25, 0.3) is 0 Å². The van der Waals surface area contributed by atoms with Crippen LogP contribution in [0.25, 0.3) is 0 Å². The van der Waals surface area contributed by atoms with Gasteiger partial charge in [0.05, 0.1) is 13.0 Å². The Morgan fingerprint density at radius 2 is 2.18 bits per heavy atom. The van der Waals surface area contributed by atoms with E-state index in [1.165, 1.54) is 5.56 Å². The molecule has 1 amide bonds. The van der Waals surface area contributed by atoms with E-state index in [9.17, 15) is 4.79 Å². The Bertz CT molecular complexity index is 494. The van der Waals surface area contributed by atoms with Crippen molar-refractivity contribution in [2.45, 2.75) is 39.7 Å². The van der Waals surface area contributed by atoms with Gasteiger partial charge in [-0.15, -0.1) is 12.4 Å². The number of carbonyl (C=O) groups excluding carboxylic acids is 1. The first-order chi connectivity index (χ1) is 10.1. The average molecular weight is 327 g/mol. The van der Waals surface area contributed by atoms with Crippen LogP contribution in [-0.2, 0) is 4.79 Å². The quantitative estimate of drug-likeness (QED) is 0.874. The molecule has 124 valence electrons. The summed E-state index contributed by atoms with van der Waals surface area (Å²) in [6.45, 7) is 8.61. The first-order valence-electron chi connectivity index (χ1n) is 7.76. The summed E-state index contributed by atoms with van der Waals surface area (Å²) in [5.74, 6) is 1.47. The van der Waals surface area contributed by atoms with Gasteiger partial charge in [0, 0.05) is 12.6 Å². The van der Waals surface area contributed by atoms with Gasteiger partial charge >= 0.3 is 0 Å². The van der Waals surface area contributed by atoms with Crippen molar-refractivity contribution in [3.05, 3.63) is 29.3 Å². The maximum Gasteiger partial charge on any atom is 0.223 e. The van der Waals surface area contributed by atoms with Crippen LogP contribution in [0.15, 0.2) is 18.2 Å². The molecule has 0 bridgehead atoms. The van der Waals surface area contributed by atoms with E-state index in [0.29, 0.717) is 18.9 Å². The van der Waals surface area contributed by atoms with Crippen molar-refractivity contribution in [2.24, 2.45) is 5.92 Å². The van der Waals surface area contributed by atoms with Gasteiger partial charge in [-0.25, -0.2) is 0 Å². The standard InChI is InChI=1S/C17H26N2O2.ClH/c1-12-4-5-16(14(3)10-12)21-9-7-17(20)19-15-11-18-8-6-13(15)2;/h4-5,10,13,15,18H,6-9,11H2,1-3H3,(H,19,20);1H. The molecule has 0 aromatic heterocycles. The van der Waals surface area contributed by atoms with Crippen LogP contribution in [0.4, 0.5) is 0 Å². The van der Waals surface area contributed by atoms with Crippen molar-refractivity contribution in [1.29, 1.82) is 0 Å². The molecule has 0 saturated carbocycles. The van der Waals surface area contributed by atoms with Crippen LogP contribution in [0.2, 0.25) is 0 Å². The third-order valence-corrected chi connectivity index (χ3v) is 4.09. The molecule has 0 spiro atoms. The molecule has 1 saturated heterocycles. The zero-order valence-corrected chi connectivity index (χ0v) is 14.5. The van der Waals surface area contributed by atoms with E-state index >= 15 is 0 Å². The van der Waals surface area contributed by atoms with Gasteiger partial charge in [-0.2, -0.15) is 0 Å². The Morgan fingerprint density at radius 3 is 2.86 bits per heavy atom. The fourth-order valence-corrected chi connectivity index (χ4v) is 2.68. The summed E-state index contributed by atoms with van der Waals surface area (Å²) in [6.07, 6.45) is 1.51. The van der Waals surface area contributed by atoms with E-state index in [2.05, 4.69) is 30.5 Å². The minimum Gasteiger partial charge on any atom is -0.493 e. The van der Waals surface area contributed by atoms with Crippen molar-refractivity contribution in [3.8, 4) is 5.75 Å². The highest BCUT2D eigenvalue weighted by molar-refractivity contribution is 5.85. The minimum atomic E-state index is 0. The maximum atomic E-state index is 12.0. The van der Waals surface area contributed by atoms with E-state index in [-0.39, 0.29) is 24.4 Å². The molecule has 0 radical (unpaired) electrons. The first kappa shape index (κ1) is 18.8. The molecule has 1 heterocycles. The number of aryl methyl sites for hydroxylation is 2. The Hall–Kier alpha value is -1.26. The van der Waals surface area contributed by atoms with Crippen molar-refractivity contribution in [3.63, 3.8) is 0 Å². The molecule has 1 fully saturated rings. The second kappa shape index (κ2) is 9.01. The Kier molecular flexibility index (Phi) is 7.69. The largest absolute Gasteiger partial charge is 0.493 e. The second-order valence-corrected chi connectivity index (χ2v) is 6.01. The van der Waals surface area contributed by atoms with E-state index < -0.39 is 0 Å². The average Bonchev–Trinajstić information content (AvgIpc) is 2.44. The third kappa shape index (κ3) is 5.50. The number of amides is 1. The number of rotatable bonds is 5. The van der Waals surface area contributed by atoms with Gasteiger partial charge in [0.2, 0.25) is 5.91 Å². The van der Waals surface area contributed by atoms with Gasteiger partial charge in [-0.3, -0.25) is 4.79 Å². The molecular weight excluding hydrogens is 300 g/mol. The Morgan fingerprint density at radius 1 is 1.41 bits per heavy atom. The summed E-state index contributed by atoms with van der Waals surface area (Å²) in [7, 11) is 0. The zero-order chi connectivity index (χ0) is 15.2. The predicted molar refractivity (Wildman–Crippen MR) is 91.9 cm³/mol. The second-order valence-electron chi connectivity index (χ2n) is 6.01. The number of carbonyl (C=O) groups is 1. The van der Waals surface area contributed by atoms with Gasteiger partial charge in [-0.05, 0) is 44.4 Å². The van der Waals surface area contributed by atoms with Crippen molar-refractivity contribution < 1.29 is 9.53 Å². The van der Waals surface area contributed by atoms with Gasteiger partial charge in [-0.1, -0.05) is 24.6 Å². The molecule has 1 aliphatic heterocycles. The summed E-state index contributed by atoms with van der Waals surface area (Å²) in [4.78, 5) is 12.0. The van der Waals surface area contributed by atoms with Crippen LogP contribution in [-0.4, -0.2) is 31.6 Å². The van der Waals surface area contributed by atoms with Crippen LogP contribution < -0.4 is 15.4 Å². The Balaban J connectivity index is 0.00000242. The lowest BCUT2D eigenvalue weighted by Crippen LogP contribution is -2.50. The van der Waals surface area contributed by atoms with Crippen molar-refractivity contribution in [1.82, 2.24) is 10.6 Å². The van der Waals surface area contributed by atoms with Crippen LogP contribution in [0, 0.1) is 19.8 Å². The van der Waals surface area contributed by atoms with Crippen molar-refractivity contribution in [2.75, 3.05) is 19.7 Å². The molecule has 5 heteroatoms. The molecule has 2 unspecified atom stereocenters. The highest BCUT2D eigenvalue weighted by Crippen LogP contribution is 2.18. The fourth-order valence-electron chi connectivity index (χ4n) is 2.68. The number of hydrogen-bond acceptors (Lipinski definition) is 3. The number of nitrogens with one attached hydrogen (secondary N) is 2. The fraction of sp³-hybridized carbons (Fsp3) is 0.588. The molecular formula is C17H27ClN2O2. The molecule has 2 atom stereocenters. The maximum absolute atomic E-state index is 12.0. The molecule has 22 heavy (non-hydrogen) atoms. The van der Waals surface area contributed by atoms with E-state index in [1.54, 1.807) is 0 Å². The van der Waals surface area contributed by atoms with E-state index in [1.807, 2.05) is 19.1 Å². The SMILES string of the molecule is Cc1ccc(OCCC(=O)NC2CNCCC2C)c(C)c1.Cl. The van der Waals surface area contributed by atoms with Crippen LogP contribution in [0.1, 0.15) is 30.9 Å². The molecule has 2 N–H and O–H groups in total. The summed E-state index contributed by atoms with van der Waals surface area (Å²) in [5, 5.41) is 6.42.